The van der Waals surface area contributed by atoms with Crippen molar-refractivity contribution in [3.8, 4) is 5.75 Å². The second kappa shape index (κ2) is 6.28. The van der Waals surface area contributed by atoms with Crippen LogP contribution in [0.25, 0.3) is 0 Å². The monoisotopic (exact) mass is 345 g/mol. The molecule has 0 atom stereocenters. The lowest BCUT2D eigenvalue weighted by Gasteiger charge is -2.28. The number of carbonyl (C=O) groups excluding carboxylic acids is 1. The summed E-state index contributed by atoms with van der Waals surface area (Å²) in [5.41, 5.74) is 2.66. The van der Waals surface area contributed by atoms with Crippen LogP contribution in [0.3, 0.4) is 0 Å². The Bertz CT molecular complexity index is 872. The van der Waals surface area contributed by atoms with E-state index in [0.29, 0.717) is 6.54 Å². The predicted octanol–water partition coefficient (Wildman–Crippen LogP) is 3.06. The van der Waals surface area contributed by atoms with E-state index in [0.717, 1.165) is 29.7 Å². The molecule has 0 N–H and O–H groups in total. The van der Waals surface area contributed by atoms with Gasteiger partial charge in [0.05, 0.1) is 0 Å². The first kappa shape index (κ1) is 16.5. The zero-order chi connectivity index (χ0) is 17.3. The summed E-state index contributed by atoms with van der Waals surface area (Å²) < 4.78 is 30.2. The molecular formula is C18H19NO4S. The molecule has 2 aromatic rings. The number of hydrogen-bond donors (Lipinski definition) is 0. The second-order valence-electron chi connectivity index (χ2n) is 5.92. The van der Waals surface area contributed by atoms with Crippen LogP contribution < -0.4 is 9.08 Å². The Kier molecular flexibility index (Phi) is 4.32. The quantitative estimate of drug-likeness (QED) is 0.802. The van der Waals surface area contributed by atoms with Crippen molar-refractivity contribution in [3.05, 3.63) is 53.6 Å². The van der Waals surface area contributed by atoms with E-state index in [9.17, 15) is 13.2 Å². The summed E-state index contributed by atoms with van der Waals surface area (Å²) in [6.45, 7) is 4.09. The molecule has 3 rings (SSSR count). The lowest BCUT2D eigenvalue weighted by molar-refractivity contribution is -0.116. The Hall–Kier alpha value is -2.34. The fourth-order valence-corrected chi connectivity index (χ4v) is 3.81. The van der Waals surface area contributed by atoms with E-state index in [4.69, 9.17) is 4.18 Å². The van der Waals surface area contributed by atoms with Crippen molar-refractivity contribution < 1.29 is 17.4 Å². The zero-order valence-electron chi connectivity index (χ0n) is 13.7. The van der Waals surface area contributed by atoms with Crippen LogP contribution in [-0.2, 0) is 21.3 Å². The average Bonchev–Trinajstić information content (AvgIpc) is 2.55. The number of fused-ring (bicyclic) bond motifs is 1. The number of rotatable bonds is 3. The maximum absolute atomic E-state index is 12.5. The Morgan fingerprint density at radius 1 is 1.12 bits per heavy atom. The third-order valence-corrected chi connectivity index (χ3v) is 5.31. The van der Waals surface area contributed by atoms with Crippen LogP contribution in [-0.4, -0.2) is 20.9 Å². The molecule has 0 radical (unpaired) electrons. The molecule has 0 aliphatic carbocycles. The van der Waals surface area contributed by atoms with E-state index in [1.807, 2.05) is 6.92 Å². The van der Waals surface area contributed by atoms with Gasteiger partial charge in [-0.2, -0.15) is 8.42 Å². The van der Waals surface area contributed by atoms with Gasteiger partial charge in [0.1, 0.15) is 10.6 Å². The third-order valence-electron chi connectivity index (χ3n) is 4.07. The van der Waals surface area contributed by atoms with Gasteiger partial charge in [0.2, 0.25) is 5.91 Å². The van der Waals surface area contributed by atoms with E-state index < -0.39 is 10.1 Å². The van der Waals surface area contributed by atoms with E-state index >= 15 is 0 Å². The third kappa shape index (κ3) is 3.28. The van der Waals surface area contributed by atoms with E-state index in [1.54, 1.807) is 41.3 Å². The second-order valence-corrected chi connectivity index (χ2v) is 7.46. The number of hydrogen-bond acceptors (Lipinski definition) is 4. The van der Waals surface area contributed by atoms with Crippen molar-refractivity contribution in [2.75, 3.05) is 11.4 Å². The molecule has 24 heavy (non-hydrogen) atoms. The van der Waals surface area contributed by atoms with Gasteiger partial charge in [-0.05, 0) is 55.7 Å². The Morgan fingerprint density at radius 3 is 2.50 bits per heavy atom. The summed E-state index contributed by atoms with van der Waals surface area (Å²) in [4.78, 5) is 13.5. The van der Waals surface area contributed by atoms with Gasteiger partial charge < -0.3 is 9.08 Å². The SMILES string of the molecule is CC(=O)N1CCCc2cc(S(=O)(=O)Oc3ccc(C)cc3)ccc21. The summed E-state index contributed by atoms with van der Waals surface area (Å²) in [7, 11) is -3.90. The minimum Gasteiger partial charge on any atom is -0.379 e. The number of amides is 1. The van der Waals surface area contributed by atoms with Crippen LogP contribution in [0, 0.1) is 6.92 Å². The highest BCUT2D eigenvalue weighted by Gasteiger charge is 2.24. The Morgan fingerprint density at radius 2 is 1.83 bits per heavy atom. The van der Waals surface area contributed by atoms with Crippen LogP contribution in [0.5, 0.6) is 5.75 Å². The number of nitrogens with zero attached hydrogens (tertiary/aromatic N) is 1. The molecule has 1 aliphatic rings. The van der Waals surface area contributed by atoms with Gasteiger partial charge in [-0.15, -0.1) is 0 Å². The van der Waals surface area contributed by atoms with E-state index in [-0.39, 0.29) is 16.6 Å². The Balaban J connectivity index is 1.91. The van der Waals surface area contributed by atoms with E-state index in [2.05, 4.69) is 0 Å². The number of benzene rings is 2. The molecule has 1 heterocycles. The number of carbonyl (C=O) groups is 1. The molecule has 0 aromatic heterocycles. The largest absolute Gasteiger partial charge is 0.379 e. The molecule has 2 aromatic carbocycles. The lowest BCUT2D eigenvalue weighted by Crippen LogP contribution is -2.33. The predicted molar refractivity (Wildman–Crippen MR) is 91.8 cm³/mol. The number of aryl methyl sites for hydroxylation is 2. The summed E-state index contributed by atoms with van der Waals surface area (Å²) in [5.74, 6) is 0.242. The average molecular weight is 345 g/mol. The molecule has 1 aliphatic heterocycles. The minimum atomic E-state index is -3.90. The molecule has 5 nitrogen and oxygen atoms in total. The highest BCUT2D eigenvalue weighted by molar-refractivity contribution is 7.87. The molecule has 0 saturated carbocycles. The molecule has 1 amide bonds. The van der Waals surface area contributed by atoms with Crippen LogP contribution in [0.4, 0.5) is 5.69 Å². The van der Waals surface area contributed by atoms with Gasteiger partial charge in [0.15, 0.2) is 0 Å². The van der Waals surface area contributed by atoms with Crippen LogP contribution in [0.1, 0.15) is 24.5 Å². The Labute approximate surface area is 142 Å². The molecule has 126 valence electrons. The van der Waals surface area contributed by atoms with Gasteiger partial charge in [0.25, 0.3) is 0 Å². The first-order valence-electron chi connectivity index (χ1n) is 7.79. The highest BCUT2D eigenvalue weighted by Crippen LogP contribution is 2.30. The molecule has 0 fully saturated rings. The van der Waals surface area contributed by atoms with E-state index in [1.165, 1.54) is 13.0 Å². The first-order valence-corrected chi connectivity index (χ1v) is 9.20. The van der Waals surface area contributed by atoms with Crippen molar-refractivity contribution in [2.45, 2.75) is 31.6 Å². The topological polar surface area (TPSA) is 63.7 Å². The maximum atomic E-state index is 12.5. The van der Waals surface area contributed by atoms with Crippen molar-refractivity contribution in [2.24, 2.45) is 0 Å². The maximum Gasteiger partial charge on any atom is 0.339 e. The number of anilines is 1. The van der Waals surface area contributed by atoms with Gasteiger partial charge in [0, 0.05) is 19.2 Å². The van der Waals surface area contributed by atoms with Crippen LogP contribution >= 0.6 is 0 Å². The zero-order valence-corrected chi connectivity index (χ0v) is 14.5. The van der Waals surface area contributed by atoms with Gasteiger partial charge in [-0.25, -0.2) is 0 Å². The van der Waals surface area contributed by atoms with Crippen molar-refractivity contribution in [1.29, 1.82) is 0 Å². The summed E-state index contributed by atoms with van der Waals surface area (Å²) >= 11 is 0. The van der Waals surface area contributed by atoms with Gasteiger partial charge in [-0.3, -0.25) is 4.79 Å². The van der Waals surface area contributed by atoms with Gasteiger partial charge in [-0.1, -0.05) is 17.7 Å². The first-order chi connectivity index (χ1) is 11.4. The summed E-state index contributed by atoms with van der Waals surface area (Å²) in [6.07, 6.45) is 1.56. The van der Waals surface area contributed by atoms with Crippen molar-refractivity contribution >= 4 is 21.7 Å². The fraction of sp³-hybridized carbons (Fsp3) is 0.278. The van der Waals surface area contributed by atoms with Crippen LogP contribution in [0.2, 0.25) is 0 Å². The smallest absolute Gasteiger partial charge is 0.339 e. The summed E-state index contributed by atoms with van der Waals surface area (Å²) in [6, 6.07) is 11.6. The van der Waals surface area contributed by atoms with Gasteiger partial charge >= 0.3 is 10.1 Å². The van der Waals surface area contributed by atoms with Crippen molar-refractivity contribution in [3.63, 3.8) is 0 Å². The standard InChI is InChI=1S/C18H19NO4S/c1-13-5-7-16(8-6-13)23-24(21,22)17-9-10-18-15(12-17)4-3-11-19(18)14(2)20/h5-10,12H,3-4,11H2,1-2H3. The normalized spacial score (nSPS) is 14.2. The lowest BCUT2D eigenvalue weighted by atomic mass is 10.0. The fourth-order valence-electron chi connectivity index (χ4n) is 2.82. The van der Waals surface area contributed by atoms with Crippen molar-refractivity contribution in [1.82, 2.24) is 0 Å². The molecule has 0 bridgehead atoms. The highest BCUT2D eigenvalue weighted by atomic mass is 32.2. The molecule has 0 unspecified atom stereocenters. The molecule has 0 spiro atoms. The minimum absolute atomic E-state index is 0.0394. The molecule has 0 saturated heterocycles. The summed E-state index contributed by atoms with van der Waals surface area (Å²) in [5, 5.41) is 0. The van der Waals surface area contributed by atoms with Crippen LogP contribution in [0.15, 0.2) is 47.4 Å². The molecular weight excluding hydrogens is 326 g/mol. The molecule has 6 heteroatoms.